The third-order valence-electron chi connectivity index (χ3n) is 4.50. The lowest BCUT2D eigenvalue weighted by atomic mass is 10.1. The maximum atomic E-state index is 12.5. The van der Waals surface area contributed by atoms with Crippen LogP contribution in [0, 0.1) is 0 Å². The largest absolute Gasteiger partial charge is 0.454 e. The molecule has 0 unspecified atom stereocenters. The first-order valence-corrected chi connectivity index (χ1v) is 9.92. The smallest absolute Gasteiger partial charge is 0.451 e. The zero-order valence-corrected chi connectivity index (χ0v) is 17.8. The molecule has 1 amide bonds. The average molecular weight is 440 g/mol. The van der Waals surface area contributed by atoms with Crippen LogP contribution in [0.1, 0.15) is 31.2 Å². The van der Waals surface area contributed by atoms with Crippen LogP contribution in [0.25, 0.3) is 0 Å². The highest BCUT2D eigenvalue weighted by Crippen LogP contribution is 2.31. The number of alkyl halides is 3. The molecule has 0 saturated carbocycles. The van der Waals surface area contributed by atoms with Crippen LogP contribution >= 0.6 is 0 Å². The van der Waals surface area contributed by atoms with Gasteiger partial charge >= 0.3 is 6.18 Å². The Morgan fingerprint density at radius 2 is 1.77 bits per heavy atom. The molecule has 31 heavy (non-hydrogen) atoms. The van der Waals surface area contributed by atoms with Crippen LogP contribution in [-0.4, -0.2) is 49.7 Å². The third-order valence-corrected chi connectivity index (χ3v) is 4.50. The number of amides is 1. The van der Waals surface area contributed by atoms with E-state index in [0.29, 0.717) is 5.75 Å². The number of anilines is 1. The summed E-state index contributed by atoms with van der Waals surface area (Å²) >= 11 is 0. The minimum absolute atomic E-state index is 0.0949. The summed E-state index contributed by atoms with van der Waals surface area (Å²) in [6.45, 7) is 4.22. The van der Waals surface area contributed by atoms with Crippen molar-refractivity contribution < 1.29 is 27.4 Å². The van der Waals surface area contributed by atoms with E-state index in [-0.39, 0.29) is 18.3 Å². The van der Waals surface area contributed by atoms with Crippen molar-refractivity contribution in [2.75, 3.05) is 38.8 Å². The lowest BCUT2D eigenvalue weighted by Crippen LogP contribution is -2.22. The maximum Gasteiger partial charge on any atom is 0.451 e. The van der Waals surface area contributed by atoms with E-state index in [0.717, 1.165) is 43.2 Å². The van der Waals surface area contributed by atoms with Gasteiger partial charge in [-0.15, -0.1) is 0 Å². The van der Waals surface area contributed by atoms with E-state index in [4.69, 9.17) is 4.74 Å². The summed E-state index contributed by atoms with van der Waals surface area (Å²) in [7, 11) is 3.05. The minimum atomic E-state index is -4.55. The molecule has 1 fully saturated rings. The number of benzene rings is 1. The molecule has 10 heteroatoms. The fourth-order valence-electron chi connectivity index (χ4n) is 2.92. The first-order chi connectivity index (χ1) is 14.8. The van der Waals surface area contributed by atoms with Gasteiger partial charge < -0.3 is 19.7 Å². The Bertz CT molecular complexity index is 839. The second-order valence-corrected chi connectivity index (χ2v) is 6.83. The summed E-state index contributed by atoms with van der Waals surface area (Å²) < 4.78 is 47.7. The number of methoxy groups -OCH3 is 1. The Labute approximate surface area is 179 Å². The summed E-state index contributed by atoms with van der Waals surface area (Å²) in [5.41, 5.74) is 2.19. The highest BCUT2D eigenvalue weighted by Gasteiger charge is 2.34. The molecule has 0 aliphatic carbocycles. The summed E-state index contributed by atoms with van der Waals surface area (Å²) in [6, 6.07) is 5.92. The van der Waals surface area contributed by atoms with Crippen LogP contribution in [0.15, 0.2) is 30.6 Å². The molecule has 0 radical (unpaired) electrons. The molecule has 1 saturated heterocycles. The zero-order chi connectivity index (χ0) is 22.9. The number of ether oxygens (including phenoxy) is 2. The number of nitrogens with one attached hydrogen (secondary N) is 1. The van der Waals surface area contributed by atoms with Crippen molar-refractivity contribution in [1.29, 1.82) is 0 Å². The van der Waals surface area contributed by atoms with E-state index in [1.807, 2.05) is 19.1 Å². The van der Waals surface area contributed by atoms with Gasteiger partial charge in [0.15, 0.2) is 5.75 Å². The predicted molar refractivity (Wildman–Crippen MR) is 110 cm³/mol. The molecule has 0 atom stereocenters. The van der Waals surface area contributed by atoms with Gasteiger partial charge in [-0.05, 0) is 37.0 Å². The summed E-state index contributed by atoms with van der Waals surface area (Å²) in [4.78, 5) is 19.1. The van der Waals surface area contributed by atoms with Crippen LogP contribution in [0.4, 0.5) is 18.9 Å². The Morgan fingerprint density at radius 3 is 2.26 bits per heavy atom. The molecule has 1 aromatic heterocycles. The van der Waals surface area contributed by atoms with Crippen LogP contribution < -0.4 is 15.0 Å². The molecule has 7 nitrogen and oxygen atoms in total. The van der Waals surface area contributed by atoms with Crippen LogP contribution in [-0.2, 0) is 22.1 Å². The van der Waals surface area contributed by atoms with E-state index in [1.165, 1.54) is 20.0 Å². The van der Waals surface area contributed by atoms with Gasteiger partial charge in [0.25, 0.3) is 0 Å². The molecule has 0 bridgehead atoms. The van der Waals surface area contributed by atoms with Crippen LogP contribution in [0.2, 0.25) is 0 Å². The second-order valence-electron chi connectivity index (χ2n) is 6.83. The Kier molecular flexibility index (Phi) is 9.04. The molecule has 2 heterocycles. The van der Waals surface area contributed by atoms with Gasteiger partial charge in [0.05, 0.1) is 12.4 Å². The highest BCUT2D eigenvalue weighted by atomic mass is 19.4. The predicted octanol–water partition coefficient (Wildman–Crippen LogP) is 3.83. The normalized spacial score (nSPS) is 13.4. The zero-order valence-electron chi connectivity index (χ0n) is 17.8. The SMILES string of the molecule is CCc1cc(Oc2cnc(C(F)(F)F)nc2)cc(N2CCCC2)c1.CNC(=O)COC. The number of halogens is 3. The number of nitrogens with zero attached hydrogens (tertiary/aromatic N) is 3. The third kappa shape index (κ3) is 7.71. The standard InChI is InChI=1S/C17H18F3N3O.C4H9NO2/c1-2-12-7-13(23-5-3-4-6-23)9-14(8-12)24-15-10-21-16(22-11-15)17(18,19)20;1-5-4(6)3-7-2/h7-11H,2-6H2,1H3;3H2,1-2H3,(H,5,6). The average Bonchev–Trinajstić information content (AvgIpc) is 3.29. The molecule has 1 N–H and O–H groups in total. The number of carbonyl (C=O) groups is 1. The molecular formula is C21H27F3N4O3. The molecule has 1 aliphatic rings. The van der Waals surface area contributed by atoms with Gasteiger partial charge in [-0.25, -0.2) is 9.97 Å². The number of rotatable bonds is 6. The molecule has 3 rings (SSSR count). The molecule has 170 valence electrons. The van der Waals surface area contributed by atoms with Gasteiger partial charge in [-0.1, -0.05) is 6.92 Å². The highest BCUT2D eigenvalue weighted by molar-refractivity contribution is 5.76. The van der Waals surface area contributed by atoms with Gasteiger partial charge in [0, 0.05) is 39.0 Å². The summed E-state index contributed by atoms with van der Waals surface area (Å²) in [5.74, 6) is -0.499. The maximum absolute atomic E-state index is 12.5. The number of carbonyl (C=O) groups excluding carboxylic acids is 1. The van der Waals surface area contributed by atoms with Gasteiger partial charge in [0.2, 0.25) is 11.7 Å². The Hall–Kier alpha value is -2.88. The van der Waals surface area contributed by atoms with Crippen molar-refractivity contribution in [3.05, 3.63) is 42.0 Å². The lowest BCUT2D eigenvalue weighted by Gasteiger charge is -2.19. The molecule has 0 spiro atoms. The number of aryl methyl sites for hydroxylation is 1. The van der Waals surface area contributed by atoms with Crippen molar-refractivity contribution in [1.82, 2.24) is 15.3 Å². The molecule has 1 aromatic carbocycles. The van der Waals surface area contributed by atoms with E-state index in [1.54, 1.807) is 7.05 Å². The van der Waals surface area contributed by atoms with E-state index < -0.39 is 12.0 Å². The summed E-state index contributed by atoms with van der Waals surface area (Å²) in [5, 5.41) is 2.40. The van der Waals surface area contributed by atoms with Gasteiger partial charge in [-0.2, -0.15) is 13.2 Å². The molecular weight excluding hydrogens is 413 g/mol. The number of hydrogen-bond acceptors (Lipinski definition) is 6. The lowest BCUT2D eigenvalue weighted by molar-refractivity contribution is -0.145. The Balaban J connectivity index is 0.000000423. The van der Waals surface area contributed by atoms with Gasteiger partial charge in [-0.3, -0.25) is 4.79 Å². The number of likely N-dealkylation sites (N-methyl/N-ethyl adjacent to an activating group) is 1. The number of aromatic nitrogens is 2. The molecule has 1 aliphatic heterocycles. The molecule has 2 aromatic rings. The van der Waals surface area contributed by atoms with Crippen LogP contribution in [0.5, 0.6) is 11.5 Å². The van der Waals surface area contributed by atoms with Crippen molar-refractivity contribution >= 4 is 11.6 Å². The van der Waals surface area contributed by atoms with Gasteiger partial charge in [0.1, 0.15) is 12.4 Å². The fourth-order valence-corrected chi connectivity index (χ4v) is 2.92. The van der Waals surface area contributed by atoms with Crippen molar-refractivity contribution in [3.63, 3.8) is 0 Å². The second kappa shape index (κ2) is 11.5. The topological polar surface area (TPSA) is 76.6 Å². The van der Waals surface area contributed by atoms with E-state index in [9.17, 15) is 18.0 Å². The quantitative estimate of drug-likeness (QED) is 0.736. The van der Waals surface area contributed by atoms with E-state index >= 15 is 0 Å². The fraction of sp³-hybridized carbons (Fsp3) is 0.476. The first-order valence-electron chi connectivity index (χ1n) is 9.92. The Morgan fingerprint density at radius 1 is 1.13 bits per heavy atom. The number of hydrogen-bond donors (Lipinski definition) is 1. The van der Waals surface area contributed by atoms with E-state index in [2.05, 4.69) is 31.0 Å². The monoisotopic (exact) mass is 440 g/mol. The van der Waals surface area contributed by atoms with Crippen LogP contribution in [0.3, 0.4) is 0 Å². The van der Waals surface area contributed by atoms with Crippen molar-refractivity contribution in [3.8, 4) is 11.5 Å². The van der Waals surface area contributed by atoms with Crippen molar-refractivity contribution in [2.45, 2.75) is 32.4 Å². The minimum Gasteiger partial charge on any atom is -0.454 e. The first kappa shape index (κ1) is 24.4. The summed E-state index contributed by atoms with van der Waals surface area (Å²) in [6.07, 6.45) is 0.720. The van der Waals surface area contributed by atoms with Crippen molar-refractivity contribution in [2.24, 2.45) is 0 Å².